The maximum Gasteiger partial charge on any atom is 0.240 e. The minimum Gasteiger partial charge on any atom is -0.342 e. The Hall–Kier alpha value is -1.96. The lowest BCUT2D eigenvalue weighted by atomic mass is 9.97. The topological polar surface area (TPSA) is 66.5 Å². The number of nitrogens with one attached hydrogen (secondary N) is 1. The third-order valence-electron chi connectivity index (χ3n) is 5.15. The highest BCUT2D eigenvalue weighted by Gasteiger charge is 2.26. The predicted octanol–water partition coefficient (Wildman–Crippen LogP) is 3.55. The highest BCUT2D eigenvalue weighted by molar-refractivity contribution is 7.89. The second-order valence-corrected chi connectivity index (χ2v) is 9.56. The first-order valence-electron chi connectivity index (χ1n) is 9.53. The van der Waals surface area contributed by atoms with Gasteiger partial charge in [0.25, 0.3) is 0 Å². The Bertz CT molecular complexity index is 960. The van der Waals surface area contributed by atoms with Crippen molar-refractivity contribution in [3.8, 4) is 0 Å². The normalized spacial score (nSPS) is 17.3. The number of amides is 1. The number of likely N-dealkylation sites (tertiary alicyclic amines) is 1. The number of rotatable bonds is 6. The standard InChI is InChI=1S/C21H24ClFN2O3S/c1-15-7-9-17(10-8-15)29(27,28)24-13-16-4-3-11-25(14-16)21(26)12-18-19(22)5-2-6-20(18)23/h2,5-10,16,24H,3-4,11-14H2,1H3. The maximum atomic E-state index is 14.0. The van der Waals surface area contributed by atoms with E-state index in [1.54, 1.807) is 35.2 Å². The molecule has 1 fully saturated rings. The first kappa shape index (κ1) is 21.7. The van der Waals surface area contributed by atoms with Crippen LogP contribution < -0.4 is 4.72 Å². The van der Waals surface area contributed by atoms with E-state index in [4.69, 9.17) is 11.6 Å². The molecule has 29 heavy (non-hydrogen) atoms. The zero-order valence-corrected chi connectivity index (χ0v) is 17.8. The minimum absolute atomic E-state index is 0.00372. The second kappa shape index (κ2) is 9.24. The summed E-state index contributed by atoms with van der Waals surface area (Å²) in [6.45, 7) is 3.15. The van der Waals surface area contributed by atoms with Crippen LogP contribution in [0.15, 0.2) is 47.4 Å². The van der Waals surface area contributed by atoms with Gasteiger partial charge in [-0.2, -0.15) is 0 Å². The van der Waals surface area contributed by atoms with Gasteiger partial charge in [0.15, 0.2) is 0 Å². The minimum atomic E-state index is -3.59. The second-order valence-electron chi connectivity index (χ2n) is 7.39. The van der Waals surface area contributed by atoms with Crippen molar-refractivity contribution >= 4 is 27.5 Å². The fraction of sp³-hybridized carbons (Fsp3) is 0.381. The molecule has 156 valence electrons. The van der Waals surface area contributed by atoms with E-state index < -0.39 is 15.8 Å². The van der Waals surface area contributed by atoms with Gasteiger partial charge in [0.05, 0.1) is 11.3 Å². The van der Waals surface area contributed by atoms with Crippen LogP contribution in [0.5, 0.6) is 0 Å². The van der Waals surface area contributed by atoms with Gasteiger partial charge in [-0.1, -0.05) is 35.4 Å². The molecule has 0 saturated carbocycles. The van der Waals surface area contributed by atoms with Crippen LogP contribution in [0.25, 0.3) is 0 Å². The van der Waals surface area contributed by atoms with Gasteiger partial charge >= 0.3 is 0 Å². The van der Waals surface area contributed by atoms with Gasteiger partial charge in [0.1, 0.15) is 5.82 Å². The van der Waals surface area contributed by atoms with Gasteiger partial charge in [-0.3, -0.25) is 4.79 Å². The largest absolute Gasteiger partial charge is 0.342 e. The summed E-state index contributed by atoms with van der Waals surface area (Å²) in [6, 6.07) is 11.0. The molecule has 1 aliphatic heterocycles. The zero-order valence-electron chi connectivity index (χ0n) is 16.2. The van der Waals surface area contributed by atoms with Crippen molar-refractivity contribution < 1.29 is 17.6 Å². The van der Waals surface area contributed by atoms with Crippen LogP contribution in [0, 0.1) is 18.7 Å². The van der Waals surface area contributed by atoms with E-state index in [0.29, 0.717) is 13.1 Å². The zero-order chi connectivity index (χ0) is 21.0. The Balaban J connectivity index is 1.59. The Morgan fingerprint density at radius 3 is 2.66 bits per heavy atom. The molecule has 8 heteroatoms. The average molecular weight is 439 g/mol. The molecule has 1 unspecified atom stereocenters. The number of benzene rings is 2. The third-order valence-corrected chi connectivity index (χ3v) is 6.95. The van der Waals surface area contributed by atoms with E-state index in [2.05, 4.69) is 4.72 Å². The Labute approximate surface area is 175 Å². The number of carbonyl (C=O) groups excluding carboxylic acids is 1. The van der Waals surface area contributed by atoms with Crippen molar-refractivity contribution in [1.82, 2.24) is 9.62 Å². The molecule has 3 rings (SSSR count). The lowest BCUT2D eigenvalue weighted by Crippen LogP contribution is -2.44. The smallest absolute Gasteiger partial charge is 0.240 e. The average Bonchev–Trinajstić information content (AvgIpc) is 2.70. The lowest BCUT2D eigenvalue weighted by Gasteiger charge is -2.33. The van der Waals surface area contributed by atoms with Crippen LogP contribution in [0.4, 0.5) is 4.39 Å². The summed E-state index contributed by atoms with van der Waals surface area (Å²) in [5.41, 5.74) is 1.18. The third kappa shape index (κ3) is 5.56. The monoisotopic (exact) mass is 438 g/mol. The van der Waals surface area contributed by atoms with Crippen LogP contribution in [-0.4, -0.2) is 38.9 Å². The molecule has 0 spiro atoms. The van der Waals surface area contributed by atoms with Gasteiger partial charge < -0.3 is 4.90 Å². The van der Waals surface area contributed by atoms with Gasteiger partial charge in [-0.05, 0) is 49.9 Å². The Kier molecular flexibility index (Phi) is 6.93. The van der Waals surface area contributed by atoms with Crippen molar-refractivity contribution in [3.05, 3.63) is 64.4 Å². The Morgan fingerprint density at radius 2 is 1.97 bits per heavy atom. The summed E-state index contributed by atoms with van der Waals surface area (Å²) >= 11 is 6.02. The molecule has 1 atom stereocenters. The molecule has 1 heterocycles. The van der Waals surface area contributed by atoms with E-state index in [1.165, 1.54) is 12.1 Å². The number of halogens is 2. The number of aryl methyl sites for hydroxylation is 1. The first-order valence-corrected chi connectivity index (χ1v) is 11.4. The van der Waals surface area contributed by atoms with E-state index in [0.717, 1.165) is 18.4 Å². The highest BCUT2D eigenvalue weighted by Crippen LogP contribution is 2.22. The van der Waals surface area contributed by atoms with Crippen molar-refractivity contribution in [3.63, 3.8) is 0 Å². The SMILES string of the molecule is Cc1ccc(S(=O)(=O)NCC2CCCN(C(=O)Cc3c(F)cccc3Cl)C2)cc1. The summed E-state index contributed by atoms with van der Waals surface area (Å²) in [5.74, 6) is -0.697. The number of hydrogen-bond donors (Lipinski definition) is 1. The number of nitrogens with zero attached hydrogens (tertiary/aromatic N) is 1. The maximum absolute atomic E-state index is 14.0. The summed E-state index contributed by atoms with van der Waals surface area (Å²) in [7, 11) is -3.59. The van der Waals surface area contributed by atoms with E-state index in [1.807, 2.05) is 6.92 Å². The number of piperidine rings is 1. The number of hydrogen-bond acceptors (Lipinski definition) is 3. The molecule has 1 aliphatic rings. The fourth-order valence-corrected chi connectivity index (χ4v) is 4.80. The molecule has 0 aliphatic carbocycles. The van der Waals surface area contributed by atoms with Crippen molar-refractivity contribution in [2.45, 2.75) is 31.1 Å². The summed E-state index contributed by atoms with van der Waals surface area (Å²) in [6.07, 6.45) is 1.49. The molecule has 0 radical (unpaired) electrons. The van der Waals surface area contributed by atoms with E-state index in [-0.39, 0.29) is 40.3 Å². The molecule has 1 N–H and O–H groups in total. The van der Waals surface area contributed by atoms with Gasteiger partial charge in [-0.25, -0.2) is 17.5 Å². The van der Waals surface area contributed by atoms with Crippen molar-refractivity contribution in [2.24, 2.45) is 5.92 Å². The lowest BCUT2D eigenvalue weighted by molar-refractivity contribution is -0.132. The number of sulfonamides is 1. The molecule has 0 aromatic heterocycles. The molecular weight excluding hydrogens is 415 g/mol. The van der Waals surface area contributed by atoms with E-state index >= 15 is 0 Å². The molecular formula is C21H24ClFN2O3S. The summed E-state index contributed by atoms with van der Waals surface area (Å²) in [5, 5.41) is 0.234. The Morgan fingerprint density at radius 1 is 1.24 bits per heavy atom. The van der Waals surface area contributed by atoms with Crippen molar-refractivity contribution in [1.29, 1.82) is 0 Å². The van der Waals surface area contributed by atoms with Crippen LogP contribution >= 0.6 is 11.6 Å². The first-order chi connectivity index (χ1) is 13.8. The molecule has 2 aromatic carbocycles. The molecule has 1 saturated heterocycles. The quantitative estimate of drug-likeness (QED) is 0.750. The summed E-state index contributed by atoms with van der Waals surface area (Å²) in [4.78, 5) is 14.5. The predicted molar refractivity (Wildman–Crippen MR) is 111 cm³/mol. The highest BCUT2D eigenvalue weighted by atomic mass is 35.5. The van der Waals surface area contributed by atoms with Crippen LogP contribution in [0.1, 0.15) is 24.0 Å². The van der Waals surface area contributed by atoms with E-state index in [9.17, 15) is 17.6 Å². The molecule has 1 amide bonds. The van der Waals surface area contributed by atoms with Crippen molar-refractivity contribution in [2.75, 3.05) is 19.6 Å². The molecule has 0 bridgehead atoms. The van der Waals surface area contributed by atoms with Gasteiger partial charge in [0, 0.05) is 30.2 Å². The van der Waals surface area contributed by atoms with Gasteiger partial charge in [-0.15, -0.1) is 0 Å². The summed E-state index contributed by atoms with van der Waals surface area (Å²) < 4.78 is 41.5. The number of carbonyl (C=O) groups is 1. The van der Waals surface area contributed by atoms with Crippen LogP contribution in [0.2, 0.25) is 5.02 Å². The molecule has 5 nitrogen and oxygen atoms in total. The molecule has 2 aromatic rings. The fourth-order valence-electron chi connectivity index (χ4n) is 3.45. The van der Waals surface area contributed by atoms with Gasteiger partial charge in [0.2, 0.25) is 15.9 Å². The van der Waals surface area contributed by atoms with Crippen LogP contribution in [-0.2, 0) is 21.2 Å². The van der Waals surface area contributed by atoms with Crippen LogP contribution in [0.3, 0.4) is 0 Å².